The Balaban J connectivity index is 1.81. The van der Waals surface area contributed by atoms with Gasteiger partial charge in [0.05, 0.1) is 12.3 Å². The first-order valence-electron chi connectivity index (χ1n) is 4.94. The Labute approximate surface area is 83.9 Å². The van der Waals surface area contributed by atoms with E-state index in [-0.39, 0.29) is 0 Å². The van der Waals surface area contributed by atoms with Crippen molar-refractivity contribution in [3.8, 4) is 0 Å². The van der Waals surface area contributed by atoms with Gasteiger partial charge < -0.3 is 14.1 Å². The third-order valence-corrected chi connectivity index (χ3v) is 2.63. The van der Waals surface area contributed by atoms with Gasteiger partial charge in [-0.05, 0) is 13.0 Å². The maximum Gasteiger partial charge on any atom is 0.219 e. The van der Waals surface area contributed by atoms with Crippen LogP contribution < -0.4 is 0 Å². The van der Waals surface area contributed by atoms with Gasteiger partial charge in [0.15, 0.2) is 0 Å². The summed E-state index contributed by atoms with van der Waals surface area (Å²) in [6, 6.07) is 0. The minimum Gasteiger partial charge on any atom is -0.446 e. The Hall–Kier alpha value is -0.870. The maximum absolute atomic E-state index is 5.73. The lowest BCUT2D eigenvalue weighted by Crippen LogP contribution is -2.21. The van der Waals surface area contributed by atoms with Crippen molar-refractivity contribution in [2.75, 3.05) is 20.1 Å². The van der Waals surface area contributed by atoms with E-state index in [9.17, 15) is 0 Å². The third kappa shape index (κ3) is 2.13. The van der Waals surface area contributed by atoms with Crippen LogP contribution >= 0.6 is 0 Å². The molecule has 1 aromatic heterocycles. The van der Waals surface area contributed by atoms with Crippen LogP contribution in [0.5, 0.6) is 0 Å². The maximum atomic E-state index is 5.73. The fourth-order valence-electron chi connectivity index (χ4n) is 1.89. The SMILES string of the molecule is CC1CN(C)C[C@@H]1OCc1ncco1. The van der Waals surface area contributed by atoms with Crippen molar-refractivity contribution in [1.29, 1.82) is 0 Å². The van der Waals surface area contributed by atoms with E-state index in [0.717, 1.165) is 13.1 Å². The van der Waals surface area contributed by atoms with Crippen LogP contribution in [0.4, 0.5) is 0 Å². The lowest BCUT2D eigenvalue weighted by atomic mass is 10.1. The average molecular weight is 196 g/mol. The number of likely N-dealkylation sites (tertiary alicyclic amines) is 1. The predicted molar refractivity (Wildman–Crippen MR) is 51.7 cm³/mol. The van der Waals surface area contributed by atoms with Gasteiger partial charge >= 0.3 is 0 Å². The quantitative estimate of drug-likeness (QED) is 0.726. The van der Waals surface area contributed by atoms with E-state index in [0.29, 0.717) is 24.5 Å². The Bertz CT molecular complexity index is 274. The molecule has 1 fully saturated rings. The number of nitrogens with zero attached hydrogens (tertiary/aromatic N) is 2. The van der Waals surface area contributed by atoms with Crippen LogP contribution in [0.1, 0.15) is 12.8 Å². The van der Waals surface area contributed by atoms with Crippen molar-refractivity contribution in [3.05, 3.63) is 18.4 Å². The Morgan fingerprint density at radius 2 is 2.50 bits per heavy atom. The standard InChI is InChI=1S/C10H16N2O2/c1-8-5-12(2)6-9(8)14-7-10-11-3-4-13-10/h3-4,8-9H,5-7H2,1-2H3/t8?,9-/m0/s1. The molecular weight excluding hydrogens is 180 g/mol. The molecule has 0 amide bonds. The summed E-state index contributed by atoms with van der Waals surface area (Å²) in [4.78, 5) is 6.30. The second-order valence-electron chi connectivity index (χ2n) is 3.97. The summed E-state index contributed by atoms with van der Waals surface area (Å²) in [6.45, 7) is 4.80. The first-order chi connectivity index (χ1) is 6.75. The summed E-state index contributed by atoms with van der Waals surface area (Å²) in [5, 5.41) is 0. The summed E-state index contributed by atoms with van der Waals surface area (Å²) in [7, 11) is 2.12. The molecule has 0 saturated carbocycles. The monoisotopic (exact) mass is 196 g/mol. The summed E-state index contributed by atoms with van der Waals surface area (Å²) < 4.78 is 10.8. The fraction of sp³-hybridized carbons (Fsp3) is 0.700. The fourth-order valence-corrected chi connectivity index (χ4v) is 1.89. The number of hydrogen-bond donors (Lipinski definition) is 0. The van der Waals surface area contributed by atoms with Crippen LogP contribution in [-0.4, -0.2) is 36.1 Å². The smallest absolute Gasteiger partial charge is 0.219 e. The number of oxazole rings is 1. The van der Waals surface area contributed by atoms with E-state index in [1.165, 1.54) is 0 Å². The van der Waals surface area contributed by atoms with Gasteiger partial charge in [-0.1, -0.05) is 6.92 Å². The molecule has 1 aromatic rings. The second kappa shape index (κ2) is 4.11. The van der Waals surface area contributed by atoms with Crippen molar-refractivity contribution in [1.82, 2.24) is 9.88 Å². The topological polar surface area (TPSA) is 38.5 Å². The molecule has 1 aliphatic rings. The summed E-state index contributed by atoms with van der Waals surface area (Å²) in [6.07, 6.45) is 3.53. The highest BCUT2D eigenvalue weighted by Gasteiger charge is 2.28. The molecule has 78 valence electrons. The van der Waals surface area contributed by atoms with E-state index in [1.54, 1.807) is 12.5 Å². The lowest BCUT2D eigenvalue weighted by molar-refractivity contribution is 0.0161. The van der Waals surface area contributed by atoms with Gasteiger partial charge in [-0.15, -0.1) is 0 Å². The molecule has 2 rings (SSSR count). The first kappa shape index (κ1) is 9.68. The molecule has 0 N–H and O–H groups in total. The van der Waals surface area contributed by atoms with E-state index in [4.69, 9.17) is 9.15 Å². The van der Waals surface area contributed by atoms with E-state index < -0.39 is 0 Å². The van der Waals surface area contributed by atoms with Gasteiger partial charge in [0.1, 0.15) is 12.9 Å². The van der Waals surface area contributed by atoms with Gasteiger partial charge in [0.2, 0.25) is 5.89 Å². The van der Waals surface area contributed by atoms with Crippen LogP contribution in [0, 0.1) is 5.92 Å². The molecule has 0 aromatic carbocycles. The predicted octanol–water partition coefficient (Wildman–Crippen LogP) is 1.14. The summed E-state index contributed by atoms with van der Waals surface area (Å²) in [5.74, 6) is 1.25. The van der Waals surface area contributed by atoms with Crippen molar-refractivity contribution in [3.63, 3.8) is 0 Å². The highest BCUT2D eigenvalue weighted by atomic mass is 16.5. The number of rotatable bonds is 3. The minimum atomic E-state index is 0.312. The number of ether oxygens (including phenoxy) is 1. The molecule has 1 unspecified atom stereocenters. The van der Waals surface area contributed by atoms with Gasteiger partial charge in [-0.3, -0.25) is 0 Å². The Kier molecular flexibility index (Phi) is 2.84. The zero-order chi connectivity index (χ0) is 9.97. The van der Waals surface area contributed by atoms with E-state index in [2.05, 4.69) is 23.9 Å². The number of aromatic nitrogens is 1. The molecule has 4 nitrogen and oxygen atoms in total. The first-order valence-corrected chi connectivity index (χ1v) is 4.94. The van der Waals surface area contributed by atoms with Crippen LogP contribution in [0.25, 0.3) is 0 Å². The zero-order valence-electron chi connectivity index (χ0n) is 8.64. The molecule has 0 spiro atoms. The van der Waals surface area contributed by atoms with Gasteiger partial charge in [0, 0.05) is 13.1 Å². The van der Waals surface area contributed by atoms with Crippen molar-refractivity contribution in [2.45, 2.75) is 19.6 Å². The molecule has 1 saturated heterocycles. The van der Waals surface area contributed by atoms with Gasteiger partial charge in [-0.25, -0.2) is 4.98 Å². The molecule has 0 aliphatic carbocycles. The van der Waals surface area contributed by atoms with E-state index in [1.807, 2.05) is 0 Å². The summed E-state index contributed by atoms with van der Waals surface area (Å²) >= 11 is 0. The second-order valence-corrected chi connectivity index (χ2v) is 3.97. The van der Waals surface area contributed by atoms with Gasteiger partial charge in [0.25, 0.3) is 0 Å². The molecule has 2 atom stereocenters. The van der Waals surface area contributed by atoms with Crippen molar-refractivity contribution in [2.24, 2.45) is 5.92 Å². The van der Waals surface area contributed by atoms with Crippen LogP contribution in [0.2, 0.25) is 0 Å². The largest absolute Gasteiger partial charge is 0.446 e. The van der Waals surface area contributed by atoms with Crippen molar-refractivity contribution >= 4 is 0 Å². The summed E-state index contributed by atoms with van der Waals surface area (Å²) in [5.41, 5.74) is 0. The molecule has 4 heteroatoms. The molecule has 14 heavy (non-hydrogen) atoms. The van der Waals surface area contributed by atoms with Crippen LogP contribution in [0.3, 0.4) is 0 Å². The molecule has 0 radical (unpaired) electrons. The van der Waals surface area contributed by atoms with E-state index >= 15 is 0 Å². The lowest BCUT2D eigenvalue weighted by Gasteiger charge is -2.13. The van der Waals surface area contributed by atoms with Gasteiger partial charge in [-0.2, -0.15) is 0 Å². The highest BCUT2D eigenvalue weighted by molar-refractivity contribution is 4.82. The zero-order valence-corrected chi connectivity index (χ0v) is 8.64. The Morgan fingerprint density at radius 3 is 3.07 bits per heavy atom. The van der Waals surface area contributed by atoms with Crippen molar-refractivity contribution < 1.29 is 9.15 Å². The van der Waals surface area contributed by atoms with Crippen LogP contribution in [0.15, 0.2) is 16.9 Å². The highest BCUT2D eigenvalue weighted by Crippen LogP contribution is 2.18. The molecule has 2 heterocycles. The molecule has 1 aliphatic heterocycles. The Morgan fingerprint density at radius 1 is 1.64 bits per heavy atom. The number of hydrogen-bond acceptors (Lipinski definition) is 4. The molecular formula is C10H16N2O2. The third-order valence-electron chi connectivity index (χ3n) is 2.63. The molecule has 0 bridgehead atoms. The van der Waals surface area contributed by atoms with Crippen LogP contribution in [-0.2, 0) is 11.3 Å². The average Bonchev–Trinajstić information content (AvgIpc) is 2.72. The normalized spacial score (nSPS) is 28.4. The number of likely N-dealkylation sites (N-methyl/N-ethyl adjacent to an activating group) is 1. The minimum absolute atomic E-state index is 0.312.